The van der Waals surface area contributed by atoms with Crippen LogP contribution in [0.4, 0.5) is 4.39 Å². The molecule has 3 N–H and O–H groups in total. The van der Waals surface area contributed by atoms with E-state index >= 15 is 0 Å². The van der Waals surface area contributed by atoms with Crippen molar-refractivity contribution in [1.82, 2.24) is 10.2 Å². The van der Waals surface area contributed by atoms with Crippen molar-refractivity contribution in [3.63, 3.8) is 0 Å². The summed E-state index contributed by atoms with van der Waals surface area (Å²) in [5.74, 6) is 0.536. The highest BCUT2D eigenvalue weighted by atomic mass is 19.1. The molecule has 2 aromatic rings. The third kappa shape index (κ3) is 4.46. The van der Waals surface area contributed by atoms with Crippen LogP contribution >= 0.6 is 0 Å². The van der Waals surface area contributed by atoms with Crippen molar-refractivity contribution in [3.05, 3.63) is 71.5 Å². The topological polar surface area (TPSA) is 58.4 Å². The highest BCUT2D eigenvalue weighted by Gasteiger charge is 2.46. The van der Waals surface area contributed by atoms with Gasteiger partial charge in [0, 0.05) is 31.6 Å². The van der Waals surface area contributed by atoms with Gasteiger partial charge in [-0.3, -0.25) is 4.79 Å². The summed E-state index contributed by atoms with van der Waals surface area (Å²) in [6, 6.07) is 18.2. The molecule has 2 aromatic carbocycles. The summed E-state index contributed by atoms with van der Waals surface area (Å²) in [5.41, 5.74) is 8.34. The fraction of sp³-hybridized carbons (Fsp3) is 0.519. The summed E-state index contributed by atoms with van der Waals surface area (Å²) in [6.07, 6.45) is 6.65. The van der Waals surface area contributed by atoms with Crippen LogP contribution < -0.4 is 11.1 Å². The zero-order chi connectivity index (χ0) is 22.2. The Morgan fingerprint density at radius 3 is 2.34 bits per heavy atom. The predicted molar refractivity (Wildman–Crippen MR) is 125 cm³/mol. The summed E-state index contributed by atoms with van der Waals surface area (Å²) >= 11 is 0. The molecule has 2 atom stereocenters. The number of piperidine rings is 1. The van der Waals surface area contributed by atoms with E-state index in [0.29, 0.717) is 12.0 Å². The number of likely N-dealkylation sites (tertiary alicyclic amines) is 1. The first kappa shape index (κ1) is 21.6. The number of carbonyl (C=O) groups excluding carboxylic acids is 1. The molecule has 0 spiro atoms. The van der Waals surface area contributed by atoms with Gasteiger partial charge in [0.1, 0.15) is 5.82 Å². The van der Waals surface area contributed by atoms with E-state index in [0.717, 1.165) is 63.7 Å². The van der Waals surface area contributed by atoms with Crippen molar-refractivity contribution < 1.29 is 9.18 Å². The normalized spacial score (nSPS) is 25.8. The largest absolute Gasteiger partial charge is 0.341 e. The highest BCUT2D eigenvalue weighted by molar-refractivity contribution is 5.87. The molecule has 170 valence electrons. The van der Waals surface area contributed by atoms with Crippen molar-refractivity contribution in [2.45, 2.75) is 62.4 Å². The van der Waals surface area contributed by atoms with Gasteiger partial charge in [-0.25, -0.2) is 4.39 Å². The van der Waals surface area contributed by atoms with Crippen LogP contribution in [0.25, 0.3) is 0 Å². The van der Waals surface area contributed by atoms with Crippen LogP contribution in [-0.2, 0) is 11.2 Å². The summed E-state index contributed by atoms with van der Waals surface area (Å²) in [5, 5.41) is 3.84. The number of halogens is 1. The first-order chi connectivity index (χ1) is 15.5. The van der Waals surface area contributed by atoms with Crippen LogP contribution in [0.15, 0.2) is 54.6 Å². The van der Waals surface area contributed by atoms with Gasteiger partial charge >= 0.3 is 0 Å². The van der Waals surface area contributed by atoms with Gasteiger partial charge in [-0.05, 0) is 73.6 Å². The van der Waals surface area contributed by atoms with Gasteiger partial charge in [-0.15, -0.1) is 0 Å². The SMILES string of the molecule is NC1(C(=O)N2CCC(CNC3CC3c3ccccc3)(Cc3ccc(F)cc3)CC2)CCC1. The summed E-state index contributed by atoms with van der Waals surface area (Å²) in [6.45, 7) is 2.44. The third-order valence-electron chi connectivity index (χ3n) is 8.03. The van der Waals surface area contributed by atoms with E-state index in [9.17, 15) is 9.18 Å². The molecular weight excluding hydrogens is 401 g/mol. The zero-order valence-electron chi connectivity index (χ0n) is 18.7. The van der Waals surface area contributed by atoms with Gasteiger partial charge < -0.3 is 16.0 Å². The van der Waals surface area contributed by atoms with E-state index in [4.69, 9.17) is 5.73 Å². The molecule has 3 aliphatic rings. The molecule has 4 nitrogen and oxygen atoms in total. The number of nitrogens with two attached hydrogens (primary N) is 1. The zero-order valence-corrected chi connectivity index (χ0v) is 18.7. The lowest BCUT2D eigenvalue weighted by Gasteiger charge is -2.46. The lowest BCUT2D eigenvalue weighted by atomic mass is 9.72. The molecule has 1 amide bonds. The first-order valence-electron chi connectivity index (χ1n) is 12.1. The molecule has 5 heteroatoms. The lowest BCUT2D eigenvalue weighted by Crippen LogP contribution is -2.61. The number of hydrogen-bond donors (Lipinski definition) is 2. The summed E-state index contributed by atoms with van der Waals surface area (Å²) in [7, 11) is 0. The van der Waals surface area contributed by atoms with Gasteiger partial charge in [0.05, 0.1) is 5.54 Å². The Balaban J connectivity index is 1.25. The maximum atomic E-state index is 13.4. The number of nitrogens with zero attached hydrogens (tertiary/aromatic N) is 1. The minimum absolute atomic E-state index is 0.0693. The Hall–Kier alpha value is -2.24. The maximum absolute atomic E-state index is 13.4. The van der Waals surface area contributed by atoms with Gasteiger partial charge in [0.2, 0.25) is 5.91 Å². The van der Waals surface area contributed by atoms with E-state index in [2.05, 4.69) is 35.6 Å². The second-order valence-electron chi connectivity index (χ2n) is 10.3. The number of carbonyl (C=O) groups is 1. The Kier molecular flexibility index (Phi) is 5.81. The van der Waals surface area contributed by atoms with Crippen molar-refractivity contribution >= 4 is 5.91 Å². The van der Waals surface area contributed by atoms with Crippen LogP contribution in [0.1, 0.15) is 55.6 Å². The van der Waals surface area contributed by atoms with Gasteiger partial charge in [-0.2, -0.15) is 0 Å². The molecule has 0 bridgehead atoms. The number of amides is 1. The maximum Gasteiger partial charge on any atom is 0.242 e. The van der Waals surface area contributed by atoms with Crippen LogP contribution in [0.5, 0.6) is 0 Å². The Morgan fingerprint density at radius 2 is 1.72 bits per heavy atom. The van der Waals surface area contributed by atoms with E-state index in [1.165, 1.54) is 12.0 Å². The highest BCUT2D eigenvalue weighted by Crippen LogP contribution is 2.43. The summed E-state index contributed by atoms with van der Waals surface area (Å²) in [4.78, 5) is 14.9. The molecular formula is C27H34FN3O. The smallest absolute Gasteiger partial charge is 0.242 e. The van der Waals surface area contributed by atoms with Gasteiger partial charge in [0.25, 0.3) is 0 Å². The van der Waals surface area contributed by atoms with E-state index in [1.807, 2.05) is 17.0 Å². The number of rotatable bonds is 7. The van der Waals surface area contributed by atoms with Crippen LogP contribution in [0.2, 0.25) is 0 Å². The number of nitrogens with one attached hydrogen (secondary N) is 1. The van der Waals surface area contributed by atoms with Gasteiger partial charge in [-0.1, -0.05) is 42.5 Å². The Bertz CT molecular complexity index is 933. The molecule has 0 radical (unpaired) electrons. The van der Waals surface area contributed by atoms with Crippen LogP contribution in [-0.4, -0.2) is 42.0 Å². The van der Waals surface area contributed by atoms with Crippen LogP contribution in [0, 0.1) is 11.2 Å². The van der Waals surface area contributed by atoms with E-state index in [1.54, 1.807) is 12.1 Å². The molecule has 5 rings (SSSR count). The molecule has 0 aromatic heterocycles. The average molecular weight is 436 g/mol. The van der Waals surface area contributed by atoms with E-state index in [-0.39, 0.29) is 17.1 Å². The molecule has 2 saturated carbocycles. The standard InChI is InChI=1S/C27H34FN3O/c28-22-9-7-20(8-10-22)18-26(19-30-24-17-23(24)21-5-2-1-3-6-21)13-15-31(16-14-26)25(32)27(29)11-4-12-27/h1-3,5-10,23-24,30H,4,11-19,29H2. The molecule has 2 unspecified atom stereocenters. The van der Waals surface area contributed by atoms with Crippen molar-refractivity contribution in [2.24, 2.45) is 11.1 Å². The molecule has 1 aliphatic heterocycles. The second-order valence-corrected chi connectivity index (χ2v) is 10.3. The molecule has 2 aliphatic carbocycles. The molecule has 1 heterocycles. The monoisotopic (exact) mass is 435 g/mol. The minimum Gasteiger partial charge on any atom is -0.341 e. The quantitative estimate of drug-likeness (QED) is 0.691. The molecule has 3 fully saturated rings. The first-order valence-corrected chi connectivity index (χ1v) is 12.1. The van der Waals surface area contributed by atoms with E-state index < -0.39 is 5.54 Å². The molecule has 32 heavy (non-hydrogen) atoms. The lowest BCUT2D eigenvalue weighted by molar-refractivity contribution is -0.142. The fourth-order valence-electron chi connectivity index (χ4n) is 5.56. The van der Waals surface area contributed by atoms with Crippen molar-refractivity contribution in [1.29, 1.82) is 0 Å². The number of hydrogen-bond acceptors (Lipinski definition) is 3. The Labute approximate surface area is 190 Å². The van der Waals surface area contributed by atoms with Crippen molar-refractivity contribution in [3.8, 4) is 0 Å². The van der Waals surface area contributed by atoms with Crippen LogP contribution in [0.3, 0.4) is 0 Å². The fourth-order valence-corrected chi connectivity index (χ4v) is 5.56. The minimum atomic E-state index is -0.619. The Morgan fingerprint density at radius 1 is 1.03 bits per heavy atom. The predicted octanol–water partition coefficient (Wildman–Crippen LogP) is 4.00. The average Bonchev–Trinajstić information content (AvgIpc) is 3.58. The van der Waals surface area contributed by atoms with Gasteiger partial charge in [0.15, 0.2) is 0 Å². The summed E-state index contributed by atoms with van der Waals surface area (Å²) < 4.78 is 13.4. The number of benzene rings is 2. The third-order valence-corrected chi connectivity index (χ3v) is 8.03. The second kappa shape index (κ2) is 8.60. The molecule has 1 saturated heterocycles. The van der Waals surface area contributed by atoms with Crippen molar-refractivity contribution in [2.75, 3.05) is 19.6 Å².